The summed E-state index contributed by atoms with van der Waals surface area (Å²) in [6, 6.07) is 0. The lowest BCUT2D eigenvalue weighted by Gasteiger charge is -2.29. The zero-order valence-electron chi connectivity index (χ0n) is 8.59. The molecule has 0 amide bonds. The van der Waals surface area contributed by atoms with E-state index in [2.05, 4.69) is 6.58 Å². The SMILES string of the molecule is C=C(C)CC(C)(/C=C/C)C(C)O. The van der Waals surface area contributed by atoms with E-state index in [9.17, 15) is 5.11 Å². The van der Waals surface area contributed by atoms with Crippen molar-refractivity contribution in [1.82, 2.24) is 0 Å². The van der Waals surface area contributed by atoms with Crippen molar-refractivity contribution in [1.29, 1.82) is 0 Å². The smallest absolute Gasteiger partial charge is 0.0603 e. The molecule has 1 nitrogen and oxygen atoms in total. The van der Waals surface area contributed by atoms with Crippen LogP contribution in [-0.4, -0.2) is 11.2 Å². The Morgan fingerprint density at radius 1 is 1.67 bits per heavy atom. The second kappa shape index (κ2) is 4.46. The third-order valence-corrected chi connectivity index (χ3v) is 2.18. The van der Waals surface area contributed by atoms with Crippen LogP contribution in [0.15, 0.2) is 24.3 Å². The highest BCUT2D eigenvalue weighted by Gasteiger charge is 2.26. The molecule has 0 aromatic heterocycles. The van der Waals surface area contributed by atoms with Gasteiger partial charge in [0.05, 0.1) is 6.10 Å². The normalized spacial score (nSPS) is 19.1. The van der Waals surface area contributed by atoms with E-state index >= 15 is 0 Å². The van der Waals surface area contributed by atoms with Gasteiger partial charge in [0, 0.05) is 5.41 Å². The van der Waals surface area contributed by atoms with Crippen molar-refractivity contribution in [3.63, 3.8) is 0 Å². The number of aliphatic hydroxyl groups excluding tert-OH is 1. The Bertz CT molecular complexity index is 179. The van der Waals surface area contributed by atoms with Crippen LogP contribution in [0, 0.1) is 5.41 Å². The third kappa shape index (κ3) is 3.22. The van der Waals surface area contributed by atoms with Gasteiger partial charge in [-0.1, -0.05) is 24.6 Å². The number of allylic oxidation sites excluding steroid dienone is 2. The number of rotatable bonds is 4. The molecule has 0 aliphatic rings. The fraction of sp³-hybridized carbons (Fsp3) is 0.636. The summed E-state index contributed by atoms with van der Waals surface area (Å²) in [4.78, 5) is 0. The van der Waals surface area contributed by atoms with Crippen LogP contribution in [0.1, 0.15) is 34.1 Å². The molecule has 0 radical (unpaired) electrons. The molecule has 0 spiro atoms. The van der Waals surface area contributed by atoms with Gasteiger partial charge in [-0.3, -0.25) is 0 Å². The second-order valence-electron chi connectivity index (χ2n) is 3.82. The van der Waals surface area contributed by atoms with E-state index in [-0.39, 0.29) is 11.5 Å². The van der Waals surface area contributed by atoms with E-state index in [1.807, 2.05) is 39.8 Å². The van der Waals surface area contributed by atoms with Gasteiger partial charge in [0.1, 0.15) is 0 Å². The monoisotopic (exact) mass is 168 g/mol. The van der Waals surface area contributed by atoms with Crippen LogP contribution in [-0.2, 0) is 0 Å². The highest BCUT2D eigenvalue weighted by atomic mass is 16.3. The average molecular weight is 168 g/mol. The minimum absolute atomic E-state index is 0.152. The molecule has 0 fully saturated rings. The first-order valence-corrected chi connectivity index (χ1v) is 4.38. The predicted molar refractivity (Wildman–Crippen MR) is 54.0 cm³/mol. The van der Waals surface area contributed by atoms with Crippen LogP contribution >= 0.6 is 0 Å². The Labute approximate surface area is 75.8 Å². The standard InChI is InChI=1S/C11H20O/c1-6-7-11(5,10(4)12)8-9(2)3/h6-7,10,12H,2,8H2,1,3-5H3/b7-6+. The lowest BCUT2D eigenvalue weighted by atomic mass is 9.79. The highest BCUT2D eigenvalue weighted by Crippen LogP contribution is 2.30. The van der Waals surface area contributed by atoms with Crippen LogP contribution in [0.25, 0.3) is 0 Å². The topological polar surface area (TPSA) is 20.2 Å². The number of hydrogen-bond donors (Lipinski definition) is 1. The molecule has 0 rings (SSSR count). The summed E-state index contributed by atoms with van der Waals surface area (Å²) in [6.45, 7) is 11.7. The Kier molecular flexibility index (Phi) is 4.25. The van der Waals surface area contributed by atoms with Crippen molar-refractivity contribution >= 4 is 0 Å². The minimum atomic E-state index is -0.328. The van der Waals surface area contributed by atoms with Gasteiger partial charge in [-0.2, -0.15) is 0 Å². The highest BCUT2D eigenvalue weighted by molar-refractivity contribution is 5.06. The lowest BCUT2D eigenvalue weighted by Crippen LogP contribution is -2.27. The molecular weight excluding hydrogens is 148 g/mol. The number of aliphatic hydroxyl groups is 1. The fourth-order valence-electron chi connectivity index (χ4n) is 1.38. The first-order valence-electron chi connectivity index (χ1n) is 4.38. The van der Waals surface area contributed by atoms with Gasteiger partial charge < -0.3 is 5.11 Å². The van der Waals surface area contributed by atoms with Crippen LogP contribution in [0.5, 0.6) is 0 Å². The van der Waals surface area contributed by atoms with E-state index in [0.717, 1.165) is 12.0 Å². The third-order valence-electron chi connectivity index (χ3n) is 2.18. The van der Waals surface area contributed by atoms with Gasteiger partial charge in [0.25, 0.3) is 0 Å². The summed E-state index contributed by atoms with van der Waals surface area (Å²) >= 11 is 0. The molecule has 0 bridgehead atoms. The summed E-state index contributed by atoms with van der Waals surface area (Å²) in [5.41, 5.74) is 0.956. The zero-order valence-corrected chi connectivity index (χ0v) is 8.59. The van der Waals surface area contributed by atoms with Crippen molar-refractivity contribution < 1.29 is 5.11 Å². The zero-order chi connectivity index (χ0) is 9.78. The molecule has 0 aromatic carbocycles. The van der Waals surface area contributed by atoms with Crippen molar-refractivity contribution in [3.05, 3.63) is 24.3 Å². The van der Waals surface area contributed by atoms with E-state index in [1.165, 1.54) is 0 Å². The summed E-state index contributed by atoms with van der Waals surface area (Å²) in [5.74, 6) is 0. The van der Waals surface area contributed by atoms with Gasteiger partial charge >= 0.3 is 0 Å². The first kappa shape index (κ1) is 11.4. The average Bonchev–Trinajstić information content (AvgIpc) is 1.85. The fourth-order valence-corrected chi connectivity index (χ4v) is 1.38. The molecule has 0 aliphatic heterocycles. The maximum Gasteiger partial charge on any atom is 0.0603 e. The molecule has 0 heterocycles. The Hall–Kier alpha value is -0.560. The molecular formula is C11H20O. The maximum atomic E-state index is 9.56. The van der Waals surface area contributed by atoms with Crippen LogP contribution in [0.3, 0.4) is 0 Å². The van der Waals surface area contributed by atoms with Gasteiger partial charge in [-0.15, -0.1) is 6.58 Å². The van der Waals surface area contributed by atoms with Crippen LogP contribution in [0.2, 0.25) is 0 Å². The van der Waals surface area contributed by atoms with Gasteiger partial charge in [0.15, 0.2) is 0 Å². The first-order chi connectivity index (χ1) is 5.42. The molecule has 0 aliphatic carbocycles. The van der Waals surface area contributed by atoms with Crippen molar-refractivity contribution in [2.24, 2.45) is 5.41 Å². The van der Waals surface area contributed by atoms with Crippen molar-refractivity contribution in [3.8, 4) is 0 Å². The number of hydrogen-bond acceptors (Lipinski definition) is 1. The van der Waals surface area contributed by atoms with Gasteiger partial charge in [-0.05, 0) is 27.2 Å². The minimum Gasteiger partial charge on any atom is -0.393 e. The molecule has 1 heteroatoms. The van der Waals surface area contributed by atoms with Crippen LogP contribution in [0.4, 0.5) is 0 Å². The van der Waals surface area contributed by atoms with E-state index in [4.69, 9.17) is 0 Å². The van der Waals surface area contributed by atoms with Gasteiger partial charge in [-0.25, -0.2) is 0 Å². The Morgan fingerprint density at radius 2 is 2.17 bits per heavy atom. The summed E-state index contributed by atoms with van der Waals surface area (Å²) in [6.07, 6.45) is 4.54. The molecule has 0 saturated heterocycles. The maximum absolute atomic E-state index is 9.56. The van der Waals surface area contributed by atoms with Crippen molar-refractivity contribution in [2.75, 3.05) is 0 Å². The molecule has 12 heavy (non-hydrogen) atoms. The summed E-state index contributed by atoms with van der Waals surface area (Å²) < 4.78 is 0. The summed E-state index contributed by atoms with van der Waals surface area (Å²) in [5, 5.41) is 9.56. The van der Waals surface area contributed by atoms with Crippen LogP contribution < -0.4 is 0 Å². The van der Waals surface area contributed by atoms with Gasteiger partial charge in [0.2, 0.25) is 0 Å². The molecule has 0 saturated carbocycles. The quantitative estimate of drug-likeness (QED) is 0.640. The van der Waals surface area contributed by atoms with E-state index in [1.54, 1.807) is 0 Å². The Balaban J connectivity index is 4.50. The lowest BCUT2D eigenvalue weighted by molar-refractivity contribution is 0.0871. The second-order valence-corrected chi connectivity index (χ2v) is 3.82. The molecule has 2 unspecified atom stereocenters. The van der Waals surface area contributed by atoms with E-state index < -0.39 is 0 Å². The van der Waals surface area contributed by atoms with Crippen molar-refractivity contribution in [2.45, 2.75) is 40.2 Å². The predicted octanol–water partition coefficient (Wildman–Crippen LogP) is 2.92. The molecule has 0 aromatic rings. The summed E-state index contributed by atoms with van der Waals surface area (Å²) in [7, 11) is 0. The Morgan fingerprint density at radius 3 is 2.42 bits per heavy atom. The van der Waals surface area contributed by atoms with E-state index in [0.29, 0.717) is 0 Å². The largest absolute Gasteiger partial charge is 0.393 e. The molecule has 1 N–H and O–H groups in total. The molecule has 2 atom stereocenters. The molecule has 70 valence electrons.